The van der Waals surface area contributed by atoms with Gasteiger partial charge in [0, 0.05) is 12.1 Å². The number of nitro benzene ring substituents is 1. The molecule has 0 spiro atoms. The first-order valence-corrected chi connectivity index (χ1v) is 9.10. The van der Waals surface area contributed by atoms with Gasteiger partial charge >= 0.3 is 0 Å². The lowest BCUT2D eigenvalue weighted by molar-refractivity contribution is -0.911. The Balaban J connectivity index is 1.71. The molecule has 6 nitrogen and oxygen atoms in total. The van der Waals surface area contributed by atoms with Crippen molar-refractivity contribution in [2.45, 2.75) is 19.3 Å². The number of amides is 1. The van der Waals surface area contributed by atoms with E-state index in [4.69, 9.17) is 12.2 Å². The molecule has 24 heavy (non-hydrogen) atoms. The number of likely N-dealkylation sites (tertiary alicyclic amines) is 1. The summed E-state index contributed by atoms with van der Waals surface area (Å²) in [5, 5.41) is 10.7. The number of thioether (sulfide) groups is 1. The third kappa shape index (κ3) is 3.82. The van der Waals surface area contributed by atoms with Gasteiger partial charge < -0.3 is 4.90 Å². The maximum atomic E-state index is 12.6. The summed E-state index contributed by atoms with van der Waals surface area (Å²) in [6.07, 6.45) is 5.40. The van der Waals surface area contributed by atoms with Crippen LogP contribution in [-0.2, 0) is 4.79 Å². The SMILES string of the molecule is O=C1/C(=C\c2ccc([N+](=O)[O-])cc2)SC(=S)N1C[NH+]1CCCCC1. The third-order valence-corrected chi connectivity index (χ3v) is 5.60. The molecule has 126 valence electrons. The number of hydrogen-bond donors (Lipinski definition) is 1. The van der Waals surface area contributed by atoms with Gasteiger partial charge in [-0.2, -0.15) is 0 Å². The summed E-state index contributed by atoms with van der Waals surface area (Å²) >= 11 is 6.66. The number of hydrogen-bond acceptors (Lipinski definition) is 5. The van der Waals surface area contributed by atoms with Crippen molar-refractivity contribution in [3.05, 3.63) is 44.8 Å². The van der Waals surface area contributed by atoms with Gasteiger partial charge in [0.25, 0.3) is 11.6 Å². The van der Waals surface area contributed by atoms with Crippen LogP contribution in [-0.4, -0.2) is 39.8 Å². The van der Waals surface area contributed by atoms with Gasteiger partial charge in [0.2, 0.25) is 0 Å². The first kappa shape index (κ1) is 17.1. The summed E-state index contributed by atoms with van der Waals surface area (Å²) < 4.78 is 0.589. The molecular weight excluding hydrogens is 346 g/mol. The van der Waals surface area contributed by atoms with Crippen molar-refractivity contribution in [1.82, 2.24) is 4.90 Å². The average Bonchev–Trinajstić information content (AvgIpc) is 2.84. The van der Waals surface area contributed by atoms with Crippen LogP contribution < -0.4 is 4.90 Å². The van der Waals surface area contributed by atoms with Crippen molar-refractivity contribution in [2.75, 3.05) is 19.8 Å². The van der Waals surface area contributed by atoms with Crippen molar-refractivity contribution >= 4 is 46.0 Å². The third-order valence-electron chi connectivity index (χ3n) is 4.22. The van der Waals surface area contributed by atoms with Crippen LogP contribution in [0.3, 0.4) is 0 Å². The molecule has 2 fully saturated rings. The summed E-state index contributed by atoms with van der Waals surface area (Å²) in [6, 6.07) is 6.15. The van der Waals surface area contributed by atoms with Gasteiger partial charge in [-0.25, -0.2) is 4.90 Å². The fourth-order valence-electron chi connectivity index (χ4n) is 2.91. The molecule has 2 aliphatic heterocycles. The smallest absolute Gasteiger partial charge is 0.270 e. The number of non-ortho nitro benzene ring substituents is 1. The van der Waals surface area contributed by atoms with Crippen LogP contribution in [0.5, 0.6) is 0 Å². The number of nitrogens with zero attached hydrogens (tertiary/aromatic N) is 2. The summed E-state index contributed by atoms with van der Waals surface area (Å²) in [4.78, 5) is 26.5. The molecule has 2 saturated heterocycles. The Hall–Kier alpha value is -1.77. The van der Waals surface area contributed by atoms with Crippen molar-refractivity contribution in [1.29, 1.82) is 0 Å². The summed E-state index contributed by atoms with van der Waals surface area (Å²) in [6.45, 7) is 2.79. The molecule has 1 N–H and O–H groups in total. The van der Waals surface area contributed by atoms with Crippen LogP contribution in [0.1, 0.15) is 24.8 Å². The number of carbonyl (C=O) groups is 1. The van der Waals surface area contributed by atoms with E-state index in [9.17, 15) is 14.9 Å². The van der Waals surface area contributed by atoms with Crippen LogP contribution in [0.4, 0.5) is 5.69 Å². The quantitative estimate of drug-likeness (QED) is 0.382. The molecule has 0 bridgehead atoms. The molecule has 1 aromatic rings. The Morgan fingerprint density at radius 3 is 2.54 bits per heavy atom. The molecule has 2 aliphatic rings. The highest BCUT2D eigenvalue weighted by atomic mass is 32.2. The number of rotatable bonds is 4. The average molecular weight is 364 g/mol. The number of nitrogens with one attached hydrogen (secondary N) is 1. The normalized spacial score (nSPS) is 20.8. The van der Waals surface area contributed by atoms with Crippen LogP contribution >= 0.6 is 24.0 Å². The van der Waals surface area contributed by atoms with Gasteiger partial charge in [-0.05, 0) is 43.0 Å². The molecule has 2 heterocycles. The van der Waals surface area contributed by atoms with E-state index in [0.717, 1.165) is 18.7 Å². The standard InChI is InChI=1S/C16H17N3O3S2/c20-15-14(10-12-4-6-13(7-5-12)19(21)22)24-16(23)18(15)11-17-8-2-1-3-9-17/h4-7,10H,1-3,8-9,11H2/p+1/b14-10+. The van der Waals surface area contributed by atoms with E-state index >= 15 is 0 Å². The van der Waals surface area contributed by atoms with E-state index in [1.165, 1.54) is 48.1 Å². The van der Waals surface area contributed by atoms with Crippen molar-refractivity contribution in [3.8, 4) is 0 Å². The number of carbonyl (C=O) groups excluding carboxylic acids is 1. The second-order valence-electron chi connectivity index (χ2n) is 5.93. The van der Waals surface area contributed by atoms with Gasteiger partial charge in [-0.1, -0.05) is 24.0 Å². The molecule has 8 heteroatoms. The molecular formula is C16H18N3O3S2+. The minimum absolute atomic E-state index is 0.0356. The molecule has 0 aromatic heterocycles. The predicted molar refractivity (Wildman–Crippen MR) is 97.5 cm³/mol. The van der Waals surface area contributed by atoms with Crippen molar-refractivity contribution in [3.63, 3.8) is 0 Å². The molecule has 0 aliphatic carbocycles. The van der Waals surface area contributed by atoms with Gasteiger partial charge in [0.15, 0.2) is 11.0 Å². The maximum Gasteiger partial charge on any atom is 0.270 e. The fourth-order valence-corrected chi connectivity index (χ4v) is 4.17. The number of piperidine rings is 1. The molecule has 0 unspecified atom stereocenters. The van der Waals surface area contributed by atoms with Crippen LogP contribution in [0.15, 0.2) is 29.2 Å². The predicted octanol–water partition coefficient (Wildman–Crippen LogP) is 1.82. The number of thiocarbonyl (C=S) groups is 1. The highest BCUT2D eigenvalue weighted by Gasteiger charge is 2.34. The van der Waals surface area contributed by atoms with E-state index in [1.54, 1.807) is 23.1 Å². The zero-order chi connectivity index (χ0) is 17.1. The molecule has 0 radical (unpaired) electrons. The Kier molecular flexibility index (Phi) is 5.27. The monoisotopic (exact) mass is 364 g/mol. The lowest BCUT2D eigenvalue weighted by Gasteiger charge is -2.27. The van der Waals surface area contributed by atoms with Crippen molar-refractivity contribution in [2.24, 2.45) is 0 Å². The largest absolute Gasteiger partial charge is 0.317 e. The first-order chi connectivity index (χ1) is 11.5. The fraction of sp³-hybridized carbons (Fsp3) is 0.375. The van der Waals surface area contributed by atoms with E-state index < -0.39 is 4.92 Å². The second kappa shape index (κ2) is 7.42. The Labute approximate surface area is 149 Å². The van der Waals surface area contributed by atoms with Gasteiger partial charge in [-0.15, -0.1) is 0 Å². The summed E-state index contributed by atoms with van der Waals surface area (Å²) in [5.41, 5.74) is 0.791. The number of benzene rings is 1. The molecule has 1 amide bonds. The van der Waals surface area contributed by atoms with E-state index in [-0.39, 0.29) is 11.6 Å². The number of nitro groups is 1. The zero-order valence-corrected chi connectivity index (χ0v) is 14.7. The van der Waals surface area contributed by atoms with E-state index in [2.05, 4.69) is 0 Å². The second-order valence-corrected chi connectivity index (χ2v) is 7.60. The van der Waals surface area contributed by atoms with Gasteiger partial charge in [0.05, 0.1) is 22.9 Å². The Morgan fingerprint density at radius 1 is 1.25 bits per heavy atom. The topological polar surface area (TPSA) is 67.9 Å². The van der Waals surface area contributed by atoms with Crippen LogP contribution in [0.2, 0.25) is 0 Å². The van der Waals surface area contributed by atoms with E-state index in [0.29, 0.717) is 15.9 Å². The highest BCUT2D eigenvalue weighted by Crippen LogP contribution is 2.32. The molecule has 0 saturated carbocycles. The zero-order valence-electron chi connectivity index (χ0n) is 13.1. The van der Waals surface area contributed by atoms with Gasteiger partial charge in [0.1, 0.15) is 0 Å². The van der Waals surface area contributed by atoms with Crippen LogP contribution in [0, 0.1) is 10.1 Å². The van der Waals surface area contributed by atoms with E-state index in [1.807, 2.05) is 0 Å². The van der Waals surface area contributed by atoms with Gasteiger partial charge in [-0.3, -0.25) is 14.9 Å². The minimum atomic E-state index is -0.440. The molecule has 1 aromatic carbocycles. The molecule has 3 rings (SSSR count). The highest BCUT2D eigenvalue weighted by molar-refractivity contribution is 8.26. The summed E-state index contributed by atoms with van der Waals surface area (Å²) in [7, 11) is 0. The lowest BCUT2D eigenvalue weighted by Crippen LogP contribution is -3.14. The lowest BCUT2D eigenvalue weighted by atomic mass is 10.1. The Morgan fingerprint density at radius 2 is 1.92 bits per heavy atom. The van der Waals surface area contributed by atoms with Crippen molar-refractivity contribution < 1.29 is 14.6 Å². The molecule has 0 atom stereocenters. The minimum Gasteiger partial charge on any atom is -0.317 e. The van der Waals surface area contributed by atoms with Crippen LogP contribution in [0.25, 0.3) is 6.08 Å². The Bertz CT molecular complexity index is 697. The maximum absolute atomic E-state index is 12.6. The number of quaternary nitrogens is 1. The first-order valence-electron chi connectivity index (χ1n) is 7.88. The summed E-state index contributed by atoms with van der Waals surface area (Å²) in [5.74, 6) is -0.0681.